The Bertz CT molecular complexity index is 1310. The largest absolute Gasteiger partial charge is 0.382 e. The van der Waals surface area contributed by atoms with E-state index in [1.165, 1.54) is 12.1 Å². The lowest BCUT2D eigenvalue weighted by molar-refractivity contribution is 0.0888. The van der Waals surface area contributed by atoms with Crippen molar-refractivity contribution in [3.05, 3.63) is 58.4 Å². The molecule has 2 bridgehead atoms. The van der Waals surface area contributed by atoms with E-state index in [0.29, 0.717) is 77.5 Å². The number of aryl methyl sites for hydroxylation is 3. The Morgan fingerprint density at radius 1 is 1.26 bits per heavy atom. The Morgan fingerprint density at radius 3 is 2.71 bits per heavy atom. The average Bonchev–Trinajstić information content (AvgIpc) is 3.14. The molecular weight excluding hydrogens is 445 g/mol. The molecule has 35 heavy (non-hydrogen) atoms. The minimum absolute atomic E-state index is 0.00609. The van der Waals surface area contributed by atoms with Crippen LogP contribution in [0.5, 0.6) is 0 Å². The van der Waals surface area contributed by atoms with Crippen LogP contribution in [-0.4, -0.2) is 51.1 Å². The summed E-state index contributed by atoms with van der Waals surface area (Å²) in [5.74, 6) is -0.469. The number of Topliss-reactive ketones (excluding diaryl/α,β-unsaturated/α-hetero) is 1. The van der Waals surface area contributed by atoms with Gasteiger partial charge in [-0.3, -0.25) is 9.48 Å². The number of nitrogens with zero attached hydrogens (tertiary/aromatic N) is 6. The Balaban J connectivity index is 1.88. The van der Waals surface area contributed by atoms with Crippen LogP contribution in [0.25, 0.3) is 11.3 Å². The summed E-state index contributed by atoms with van der Waals surface area (Å²) in [7, 11) is 5.58. The molecule has 1 aromatic carbocycles. The first-order chi connectivity index (χ1) is 16.7. The van der Waals surface area contributed by atoms with E-state index >= 15 is 0 Å². The number of carbonyl (C=O) groups is 1. The molecule has 2 N–H and O–H groups in total. The third-order valence-corrected chi connectivity index (χ3v) is 6.67. The first-order valence-electron chi connectivity index (χ1n) is 11.8. The second-order valence-electron chi connectivity index (χ2n) is 9.53. The van der Waals surface area contributed by atoms with Gasteiger partial charge in [0.2, 0.25) is 0 Å². The topological polar surface area (TPSA) is 114 Å². The van der Waals surface area contributed by atoms with Gasteiger partial charge in [-0.2, -0.15) is 10.4 Å². The second kappa shape index (κ2) is 9.92. The van der Waals surface area contributed by atoms with Gasteiger partial charge >= 0.3 is 0 Å². The number of rotatable bonds is 2. The van der Waals surface area contributed by atoms with Gasteiger partial charge in [-0.05, 0) is 69.5 Å². The first kappa shape index (κ1) is 24.5. The predicted octanol–water partition coefficient (Wildman–Crippen LogP) is 3.51. The molecule has 1 unspecified atom stereocenters. The quantitative estimate of drug-likeness (QED) is 0.603. The number of nitriles is 1. The summed E-state index contributed by atoms with van der Waals surface area (Å²) in [6, 6.07) is 6.65. The number of nitrogen functional groups attached to an aromatic ring is 1. The molecule has 3 heterocycles. The molecule has 4 rings (SSSR count). The van der Waals surface area contributed by atoms with Crippen LogP contribution in [0.3, 0.4) is 0 Å². The van der Waals surface area contributed by atoms with Gasteiger partial charge < -0.3 is 10.6 Å². The van der Waals surface area contributed by atoms with E-state index in [1.807, 2.05) is 25.9 Å². The number of hydrogen-bond donors (Lipinski definition) is 1. The summed E-state index contributed by atoms with van der Waals surface area (Å²) in [6.07, 6.45) is 3.67. The highest BCUT2D eigenvalue weighted by Crippen LogP contribution is 2.32. The van der Waals surface area contributed by atoms with E-state index in [2.05, 4.69) is 16.2 Å². The molecule has 0 aliphatic carbocycles. The van der Waals surface area contributed by atoms with Crippen LogP contribution in [0.2, 0.25) is 0 Å². The molecule has 2 atom stereocenters. The van der Waals surface area contributed by atoms with Crippen LogP contribution in [0.1, 0.15) is 58.7 Å². The Labute approximate surface area is 204 Å². The molecule has 9 heteroatoms. The minimum atomic E-state index is -0.364. The van der Waals surface area contributed by atoms with Crippen LogP contribution in [0.15, 0.2) is 24.4 Å². The highest BCUT2D eigenvalue weighted by atomic mass is 19.1. The van der Waals surface area contributed by atoms with Gasteiger partial charge in [-0.25, -0.2) is 14.4 Å². The summed E-state index contributed by atoms with van der Waals surface area (Å²) in [6.45, 7) is 2.53. The number of benzene rings is 1. The highest BCUT2D eigenvalue weighted by Gasteiger charge is 2.28. The fourth-order valence-corrected chi connectivity index (χ4v) is 4.84. The van der Waals surface area contributed by atoms with Crippen molar-refractivity contribution in [2.45, 2.75) is 38.5 Å². The van der Waals surface area contributed by atoms with Gasteiger partial charge in [0.15, 0.2) is 5.78 Å². The standard InChI is InChI=1S/C26H30FN7O/c1-15-5-9-21-26(29)30-13-22(31-21)24-20(32-34(4)23(24)12-28)10-6-16(14-33(2)3)25(35)18-8-7-17(27)11-19(15)18/h7-8,11,13,15-16H,5-6,9-10,14H2,1-4H3,(H2,29,30)/t15-,16?/m0/s1. The van der Waals surface area contributed by atoms with Crippen LogP contribution in [-0.2, 0) is 19.9 Å². The van der Waals surface area contributed by atoms with Crippen molar-refractivity contribution in [1.82, 2.24) is 24.6 Å². The number of fused-ring (bicyclic) bond motifs is 5. The molecule has 0 saturated heterocycles. The third kappa shape index (κ3) is 4.93. The molecule has 0 saturated carbocycles. The number of aromatic nitrogens is 4. The van der Waals surface area contributed by atoms with Gasteiger partial charge in [0.1, 0.15) is 23.4 Å². The summed E-state index contributed by atoms with van der Waals surface area (Å²) < 4.78 is 15.8. The van der Waals surface area contributed by atoms with Crippen molar-refractivity contribution in [2.75, 3.05) is 26.4 Å². The minimum Gasteiger partial charge on any atom is -0.382 e. The number of anilines is 1. The van der Waals surface area contributed by atoms with Gasteiger partial charge in [0, 0.05) is 25.1 Å². The maximum atomic E-state index is 14.3. The summed E-state index contributed by atoms with van der Waals surface area (Å²) in [4.78, 5) is 24.9. The van der Waals surface area contributed by atoms with E-state index in [0.717, 1.165) is 0 Å². The third-order valence-electron chi connectivity index (χ3n) is 6.67. The number of nitrogens with two attached hydrogens (primary N) is 1. The maximum absolute atomic E-state index is 14.3. The van der Waals surface area contributed by atoms with E-state index in [4.69, 9.17) is 10.7 Å². The summed E-state index contributed by atoms with van der Waals surface area (Å²) in [5.41, 5.74) is 10.3. The van der Waals surface area contributed by atoms with E-state index in [1.54, 1.807) is 24.0 Å². The summed E-state index contributed by atoms with van der Waals surface area (Å²) >= 11 is 0. The molecule has 0 amide bonds. The zero-order chi connectivity index (χ0) is 25.3. The number of hydrogen-bond acceptors (Lipinski definition) is 7. The predicted molar refractivity (Wildman–Crippen MR) is 131 cm³/mol. The van der Waals surface area contributed by atoms with Crippen molar-refractivity contribution in [3.63, 3.8) is 0 Å². The fraction of sp³-hybridized carbons (Fsp3) is 0.423. The molecule has 0 radical (unpaired) electrons. The highest BCUT2D eigenvalue weighted by molar-refractivity contribution is 5.99. The lowest BCUT2D eigenvalue weighted by atomic mass is 9.84. The van der Waals surface area contributed by atoms with Crippen molar-refractivity contribution in [2.24, 2.45) is 13.0 Å². The van der Waals surface area contributed by atoms with Crippen LogP contribution < -0.4 is 5.73 Å². The molecule has 1 aliphatic heterocycles. The fourth-order valence-electron chi connectivity index (χ4n) is 4.84. The number of ketones is 1. The lowest BCUT2D eigenvalue weighted by Gasteiger charge is -2.23. The zero-order valence-corrected chi connectivity index (χ0v) is 20.5. The molecular formula is C26H30FN7O. The first-order valence-corrected chi connectivity index (χ1v) is 11.8. The van der Waals surface area contributed by atoms with Crippen molar-refractivity contribution >= 4 is 11.6 Å². The lowest BCUT2D eigenvalue weighted by Crippen LogP contribution is -2.29. The van der Waals surface area contributed by atoms with Crippen molar-refractivity contribution in [3.8, 4) is 17.3 Å². The Kier molecular flexibility index (Phi) is 6.94. The molecule has 182 valence electrons. The van der Waals surface area contributed by atoms with Gasteiger partial charge in [0.05, 0.1) is 28.8 Å². The zero-order valence-electron chi connectivity index (χ0n) is 20.5. The maximum Gasteiger partial charge on any atom is 0.167 e. The van der Waals surface area contributed by atoms with E-state index in [9.17, 15) is 14.4 Å². The molecule has 0 spiro atoms. The van der Waals surface area contributed by atoms with Gasteiger partial charge in [0.25, 0.3) is 0 Å². The van der Waals surface area contributed by atoms with Crippen LogP contribution >= 0.6 is 0 Å². The van der Waals surface area contributed by atoms with Crippen LogP contribution in [0, 0.1) is 23.1 Å². The van der Waals surface area contributed by atoms with Crippen molar-refractivity contribution < 1.29 is 9.18 Å². The van der Waals surface area contributed by atoms with Crippen molar-refractivity contribution in [1.29, 1.82) is 5.26 Å². The van der Waals surface area contributed by atoms with E-state index in [-0.39, 0.29) is 23.4 Å². The molecule has 3 aromatic rings. The average molecular weight is 476 g/mol. The summed E-state index contributed by atoms with van der Waals surface area (Å²) in [5, 5.41) is 14.4. The molecule has 1 aliphatic rings. The number of halogens is 1. The smallest absolute Gasteiger partial charge is 0.167 e. The Hall–Kier alpha value is -3.64. The van der Waals surface area contributed by atoms with Gasteiger partial charge in [-0.1, -0.05) is 6.92 Å². The molecule has 2 aromatic heterocycles. The Morgan fingerprint density at radius 2 is 2.00 bits per heavy atom. The van der Waals surface area contributed by atoms with Crippen LogP contribution in [0.4, 0.5) is 10.2 Å². The van der Waals surface area contributed by atoms with Gasteiger partial charge in [-0.15, -0.1) is 0 Å². The monoisotopic (exact) mass is 475 g/mol. The molecule has 8 nitrogen and oxygen atoms in total. The molecule has 0 fully saturated rings. The van der Waals surface area contributed by atoms with E-state index < -0.39 is 0 Å². The SMILES string of the molecule is C[C@H]1CCc2nc(cnc2N)-c2c(nn(C)c2C#N)CCC(CN(C)C)C(=O)c2ccc(F)cc21. The second-order valence-corrected chi connectivity index (χ2v) is 9.53. The number of carbonyl (C=O) groups excluding carboxylic acids is 1. The normalized spacial score (nSPS) is 18.5.